The Hall–Kier alpha value is -3.17. The lowest BCUT2D eigenvalue weighted by molar-refractivity contribution is -0.140. The molecule has 0 bridgehead atoms. The second-order valence-corrected chi connectivity index (χ2v) is 7.09. The van der Waals surface area contributed by atoms with Crippen molar-refractivity contribution in [2.24, 2.45) is 0 Å². The highest BCUT2D eigenvalue weighted by molar-refractivity contribution is 5.87. The first-order chi connectivity index (χ1) is 14.0. The number of hydrogen-bond donors (Lipinski definition) is 1. The van der Waals surface area contributed by atoms with E-state index >= 15 is 0 Å². The van der Waals surface area contributed by atoms with Crippen LogP contribution in [0.4, 0.5) is 0 Å². The van der Waals surface area contributed by atoms with E-state index in [9.17, 15) is 9.90 Å². The fourth-order valence-corrected chi connectivity index (χ4v) is 3.33. The number of rotatable bonds is 7. The van der Waals surface area contributed by atoms with E-state index in [0.717, 1.165) is 28.7 Å². The van der Waals surface area contributed by atoms with Crippen LogP contribution in [0.25, 0.3) is 22.3 Å². The lowest BCUT2D eigenvalue weighted by atomic mass is 9.92. The molecule has 0 aliphatic rings. The van der Waals surface area contributed by atoms with Gasteiger partial charge in [-0.15, -0.1) is 0 Å². The van der Waals surface area contributed by atoms with Gasteiger partial charge in [0.2, 0.25) is 0 Å². The van der Waals surface area contributed by atoms with Crippen LogP contribution in [-0.4, -0.2) is 11.1 Å². The summed E-state index contributed by atoms with van der Waals surface area (Å²) in [5.41, 5.74) is 7.74. The number of ether oxygens (including phenoxy) is 1. The van der Waals surface area contributed by atoms with Crippen molar-refractivity contribution in [2.75, 3.05) is 0 Å². The van der Waals surface area contributed by atoms with Crippen LogP contribution in [0.15, 0.2) is 78.9 Å². The number of benzene rings is 3. The summed E-state index contributed by atoms with van der Waals surface area (Å²) in [5.74, 6) is -0.431. The van der Waals surface area contributed by atoms with Crippen LogP contribution in [0.1, 0.15) is 30.5 Å². The average molecular weight is 386 g/mol. The van der Waals surface area contributed by atoms with Crippen molar-refractivity contribution >= 4 is 5.97 Å². The predicted molar refractivity (Wildman–Crippen MR) is 117 cm³/mol. The van der Waals surface area contributed by atoms with Crippen LogP contribution < -0.4 is 0 Å². The van der Waals surface area contributed by atoms with Gasteiger partial charge in [-0.1, -0.05) is 74.2 Å². The maximum atomic E-state index is 11.7. The Morgan fingerprint density at radius 3 is 2.17 bits per heavy atom. The van der Waals surface area contributed by atoms with Gasteiger partial charge in [0.05, 0.1) is 6.61 Å². The molecule has 0 saturated heterocycles. The van der Waals surface area contributed by atoms with Crippen molar-refractivity contribution in [2.45, 2.75) is 33.5 Å². The molecule has 0 saturated carbocycles. The number of aliphatic hydroxyl groups is 1. The molecule has 0 aliphatic carbocycles. The Morgan fingerprint density at radius 1 is 0.897 bits per heavy atom. The van der Waals surface area contributed by atoms with Gasteiger partial charge >= 0.3 is 5.97 Å². The van der Waals surface area contributed by atoms with Crippen LogP contribution in [0.2, 0.25) is 0 Å². The van der Waals surface area contributed by atoms with Gasteiger partial charge in [0.15, 0.2) is 0 Å². The van der Waals surface area contributed by atoms with Gasteiger partial charge in [-0.3, -0.25) is 0 Å². The standard InChI is InChI=1S/C26H26O3/c1-4-19-14-22(12-13-25(19)20-8-6-5-7-9-20)21-10-11-23(16-27)24(15-21)17-29-26(28)18(2)3/h5-15,27H,2,4,16-17H2,1,3H3. The molecule has 3 nitrogen and oxygen atoms in total. The maximum Gasteiger partial charge on any atom is 0.333 e. The second kappa shape index (κ2) is 9.35. The summed E-state index contributed by atoms with van der Waals surface area (Å²) in [6.07, 6.45) is 0.926. The minimum atomic E-state index is -0.431. The molecule has 0 heterocycles. The van der Waals surface area contributed by atoms with Crippen LogP contribution >= 0.6 is 0 Å². The fourth-order valence-electron chi connectivity index (χ4n) is 3.33. The highest BCUT2D eigenvalue weighted by Gasteiger charge is 2.11. The van der Waals surface area contributed by atoms with E-state index in [-0.39, 0.29) is 13.2 Å². The molecule has 0 fully saturated rings. The molecule has 29 heavy (non-hydrogen) atoms. The van der Waals surface area contributed by atoms with E-state index in [1.165, 1.54) is 16.7 Å². The minimum Gasteiger partial charge on any atom is -0.457 e. The highest BCUT2D eigenvalue weighted by Crippen LogP contribution is 2.30. The average Bonchev–Trinajstić information content (AvgIpc) is 2.77. The van der Waals surface area contributed by atoms with E-state index in [1.807, 2.05) is 24.3 Å². The molecule has 0 atom stereocenters. The Balaban J connectivity index is 1.94. The monoisotopic (exact) mass is 386 g/mol. The number of aryl methyl sites for hydroxylation is 1. The summed E-state index contributed by atoms with van der Waals surface area (Å²) in [5, 5.41) is 9.64. The van der Waals surface area contributed by atoms with Gasteiger partial charge in [0.1, 0.15) is 6.61 Å². The molecule has 3 aromatic rings. The zero-order valence-electron chi connectivity index (χ0n) is 16.9. The fraction of sp³-hybridized carbons (Fsp3) is 0.192. The highest BCUT2D eigenvalue weighted by atomic mass is 16.5. The third-order valence-electron chi connectivity index (χ3n) is 4.99. The molecular weight excluding hydrogens is 360 g/mol. The zero-order chi connectivity index (χ0) is 20.8. The van der Waals surface area contributed by atoms with Crippen molar-refractivity contribution in [3.05, 3.63) is 95.6 Å². The third-order valence-corrected chi connectivity index (χ3v) is 4.99. The Morgan fingerprint density at radius 2 is 1.55 bits per heavy atom. The summed E-state index contributed by atoms with van der Waals surface area (Å²) >= 11 is 0. The second-order valence-electron chi connectivity index (χ2n) is 7.09. The molecule has 0 unspecified atom stereocenters. The SMILES string of the molecule is C=C(C)C(=O)OCc1cc(-c2ccc(-c3ccccc3)c(CC)c2)ccc1CO. The maximum absolute atomic E-state index is 11.7. The Kier molecular flexibility index (Phi) is 6.63. The van der Waals surface area contributed by atoms with Crippen molar-refractivity contribution in [3.8, 4) is 22.3 Å². The molecule has 0 aromatic heterocycles. The quantitative estimate of drug-likeness (QED) is 0.419. The first-order valence-corrected chi connectivity index (χ1v) is 9.77. The molecule has 1 N–H and O–H groups in total. The number of esters is 1. The third kappa shape index (κ3) is 4.82. The summed E-state index contributed by atoms with van der Waals surface area (Å²) in [6.45, 7) is 7.38. The van der Waals surface area contributed by atoms with Crippen LogP contribution in [0.3, 0.4) is 0 Å². The molecule has 3 heteroatoms. The molecule has 3 rings (SSSR count). The van der Waals surface area contributed by atoms with Gasteiger partial charge in [-0.25, -0.2) is 4.79 Å². The van der Waals surface area contributed by atoms with E-state index in [0.29, 0.717) is 5.57 Å². The van der Waals surface area contributed by atoms with Gasteiger partial charge in [-0.2, -0.15) is 0 Å². The normalized spacial score (nSPS) is 10.6. The van der Waals surface area contributed by atoms with E-state index < -0.39 is 5.97 Å². The summed E-state index contributed by atoms with van der Waals surface area (Å²) in [4.78, 5) is 11.7. The number of carbonyl (C=O) groups is 1. The molecule has 3 aromatic carbocycles. The largest absolute Gasteiger partial charge is 0.457 e. The van der Waals surface area contributed by atoms with Crippen LogP contribution in [0, 0.1) is 0 Å². The first kappa shape index (κ1) is 20.6. The van der Waals surface area contributed by atoms with E-state index in [1.54, 1.807) is 6.92 Å². The topological polar surface area (TPSA) is 46.5 Å². The van der Waals surface area contributed by atoms with Crippen LogP contribution in [0.5, 0.6) is 0 Å². The van der Waals surface area contributed by atoms with Crippen molar-refractivity contribution < 1.29 is 14.6 Å². The summed E-state index contributed by atoms with van der Waals surface area (Å²) in [7, 11) is 0. The minimum absolute atomic E-state index is 0.104. The molecular formula is C26H26O3. The number of carbonyl (C=O) groups excluding carboxylic acids is 1. The lowest BCUT2D eigenvalue weighted by Crippen LogP contribution is -2.06. The van der Waals surface area contributed by atoms with Gasteiger partial charge in [0, 0.05) is 5.57 Å². The smallest absolute Gasteiger partial charge is 0.333 e. The van der Waals surface area contributed by atoms with E-state index in [4.69, 9.17) is 4.74 Å². The van der Waals surface area contributed by atoms with Gasteiger partial charge in [0.25, 0.3) is 0 Å². The molecule has 0 spiro atoms. The molecule has 0 amide bonds. The predicted octanol–water partition coefficient (Wildman–Crippen LogP) is 5.69. The Labute approximate surface area is 172 Å². The first-order valence-electron chi connectivity index (χ1n) is 9.77. The lowest BCUT2D eigenvalue weighted by Gasteiger charge is -2.14. The summed E-state index contributed by atoms with van der Waals surface area (Å²) < 4.78 is 5.30. The van der Waals surface area contributed by atoms with Crippen molar-refractivity contribution in [3.63, 3.8) is 0 Å². The zero-order valence-corrected chi connectivity index (χ0v) is 16.9. The molecule has 148 valence electrons. The van der Waals surface area contributed by atoms with Crippen molar-refractivity contribution in [1.82, 2.24) is 0 Å². The Bertz CT molecular complexity index is 1020. The van der Waals surface area contributed by atoms with Crippen LogP contribution in [-0.2, 0) is 29.2 Å². The van der Waals surface area contributed by atoms with Crippen molar-refractivity contribution in [1.29, 1.82) is 0 Å². The number of aliphatic hydroxyl groups excluding tert-OH is 1. The van der Waals surface area contributed by atoms with E-state index in [2.05, 4.69) is 56.0 Å². The molecule has 0 aliphatic heterocycles. The molecule has 0 radical (unpaired) electrons. The number of hydrogen-bond acceptors (Lipinski definition) is 3. The van der Waals surface area contributed by atoms with Gasteiger partial charge in [-0.05, 0) is 58.4 Å². The summed E-state index contributed by atoms with van der Waals surface area (Å²) in [6, 6.07) is 22.7. The van der Waals surface area contributed by atoms with Gasteiger partial charge < -0.3 is 9.84 Å².